The third-order valence-electron chi connectivity index (χ3n) is 6.11. The van der Waals surface area contributed by atoms with Gasteiger partial charge >= 0.3 is 0 Å². The molecule has 0 radical (unpaired) electrons. The molecule has 2 N–H and O–H groups in total. The molecule has 2 heterocycles. The van der Waals surface area contributed by atoms with Crippen LogP contribution in [0.15, 0.2) is 42.5 Å². The van der Waals surface area contributed by atoms with E-state index in [-0.39, 0.29) is 11.8 Å². The SMILES string of the molecule is Cc1cccc(N2CCN(CCCCNC(=O)c3cccc4c3OC(C)C(=O)N4)CC2)c1. The third kappa shape index (κ3) is 5.22. The number of rotatable bonds is 7. The van der Waals surface area contributed by atoms with Gasteiger partial charge in [-0.05, 0) is 63.1 Å². The Kier molecular flexibility index (Phi) is 6.95. The number of fused-ring (bicyclic) bond motifs is 1. The summed E-state index contributed by atoms with van der Waals surface area (Å²) in [6.07, 6.45) is 1.36. The van der Waals surface area contributed by atoms with Crippen LogP contribution in [-0.4, -0.2) is 62.1 Å². The van der Waals surface area contributed by atoms with E-state index < -0.39 is 6.10 Å². The lowest BCUT2D eigenvalue weighted by atomic mass is 10.1. The van der Waals surface area contributed by atoms with Crippen molar-refractivity contribution in [2.24, 2.45) is 0 Å². The molecule has 170 valence electrons. The molecule has 2 amide bonds. The Morgan fingerprint density at radius 3 is 2.69 bits per heavy atom. The van der Waals surface area contributed by atoms with E-state index in [1.807, 2.05) is 0 Å². The minimum atomic E-state index is -0.608. The van der Waals surface area contributed by atoms with Gasteiger partial charge in [-0.2, -0.15) is 0 Å². The summed E-state index contributed by atoms with van der Waals surface area (Å²) in [5.74, 6) is 0.0790. The number of carbonyl (C=O) groups is 2. The fraction of sp³-hybridized carbons (Fsp3) is 0.440. The van der Waals surface area contributed by atoms with Crippen molar-refractivity contribution in [1.82, 2.24) is 10.2 Å². The number of nitrogens with zero attached hydrogens (tertiary/aromatic N) is 2. The van der Waals surface area contributed by atoms with E-state index in [9.17, 15) is 9.59 Å². The zero-order chi connectivity index (χ0) is 22.5. The van der Waals surface area contributed by atoms with Gasteiger partial charge in [-0.1, -0.05) is 18.2 Å². The molecule has 0 bridgehead atoms. The molecule has 4 rings (SSSR count). The van der Waals surface area contributed by atoms with E-state index in [0.717, 1.165) is 45.6 Å². The first kappa shape index (κ1) is 22.1. The monoisotopic (exact) mass is 436 g/mol. The molecule has 0 saturated carbocycles. The Bertz CT molecular complexity index is 969. The van der Waals surface area contributed by atoms with Crippen LogP contribution in [0.1, 0.15) is 35.7 Å². The molecule has 7 nitrogen and oxygen atoms in total. The second kappa shape index (κ2) is 10.0. The van der Waals surface area contributed by atoms with Crippen molar-refractivity contribution in [3.63, 3.8) is 0 Å². The summed E-state index contributed by atoms with van der Waals surface area (Å²) in [6, 6.07) is 13.9. The van der Waals surface area contributed by atoms with Crippen molar-refractivity contribution in [2.75, 3.05) is 49.5 Å². The van der Waals surface area contributed by atoms with E-state index in [2.05, 4.69) is 51.6 Å². The smallest absolute Gasteiger partial charge is 0.265 e. The Labute approximate surface area is 189 Å². The van der Waals surface area contributed by atoms with Crippen LogP contribution in [0.4, 0.5) is 11.4 Å². The summed E-state index contributed by atoms with van der Waals surface area (Å²) in [5.41, 5.74) is 3.62. The largest absolute Gasteiger partial charge is 0.478 e. The number of hydrogen-bond donors (Lipinski definition) is 2. The maximum Gasteiger partial charge on any atom is 0.265 e. The maximum atomic E-state index is 12.6. The Morgan fingerprint density at radius 1 is 1.12 bits per heavy atom. The average Bonchev–Trinajstić information content (AvgIpc) is 2.79. The van der Waals surface area contributed by atoms with Crippen LogP contribution in [0.5, 0.6) is 5.75 Å². The Hall–Kier alpha value is -3.06. The highest BCUT2D eigenvalue weighted by atomic mass is 16.5. The molecule has 1 saturated heterocycles. The van der Waals surface area contributed by atoms with Crippen molar-refractivity contribution < 1.29 is 14.3 Å². The summed E-state index contributed by atoms with van der Waals surface area (Å²) < 4.78 is 5.67. The van der Waals surface area contributed by atoms with Crippen molar-refractivity contribution >= 4 is 23.2 Å². The van der Waals surface area contributed by atoms with E-state index in [0.29, 0.717) is 23.5 Å². The summed E-state index contributed by atoms with van der Waals surface area (Å²) >= 11 is 0. The number of nitrogens with one attached hydrogen (secondary N) is 2. The predicted molar refractivity (Wildman–Crippen MR) is 127 cm³/mol. The molecule has 2 aliphatic heterocycles. The summed E-state index contributed by atoms with van der Waals surface area (Å²) in [6.45, 7) is 9.71. The fourth-order valence-corrected chi connectivity index (χ4v) is 4.22. The molecule has 1 fully saturated rings. The highest BCUT2D eigenvalue weighted by Gasteiger charge is 2.27. The number of hydrogen-bond acceptors (Lipinski definition) is 5. The number of anilines is 2. The molecular weight excluding hydrogens is 404 g/mol. The molecule has 1 unspecified atom stereocenters. The van der Waals surface area contributed by atoms with Crippen LogP contribution < -0.4 is 20.3 Å². The standard InChI is InChI=1S/C25H32N4O3/c1-18-7-5-8-20(17-18)29-15-13-28(14-16-29)12-4-3-11-26-25(31)21-9-6-10-22-23(21)32-19(2)24(30)27-22/h5-10,17,19H,3-4,11-16H2,1-2H3,(H,26,31)(H,27,30). The van der Waals surface area contributed by atoms with Gasteiger partial charge < -0.3 is 20.3 Å². The minimum absolute atomic E-state index is 0.169. The van der Waals surface area contributed by atoms with Gasteiger partial charge in [0.15, 0.2) is 11.9 Å². The van der Waals surface area contributed by atoms with E-state index in [4.69, 9.17) is 4.74 Å². The second-order valence-electron chi connectivity index (χ2n) is 8.56. The van der Waals surface area contributed by atoms with Crippen LogP contribution in [0.2, 0.25) is 0 Å². The number of amides is 2. The van der Waals surface area contributed by atoms with E-state index in [1.54, 1.807) is 25.1 Å². The first-order valence-electron chi connectivity index (χ1n) is 11.4. The maximum absolute atomic E-state index is 12.6. The molecule has 32 heavy (non-hydrogen) atoms. The van der Waals surface area contributed by atoms with Crippen LogP contribution in [0.25, 0.3) is 0 Å². The summed E-state index contributed by atoms with van der Waals surface area (Å²) in [7, 11) is 0. The van der Waals surface area contributed by atoms with Crippen molar-refractivity contribution in [1.29, 1.82) is 0 Å². The lowest BCUT2D eigenvalue weighted by molar-refractivity contribution is -0.122. The highest BCUT2D eigenvalue weighted by molar-refractivity contribution is 6.03. The van der Waals surface area contributed by atoms with Crippen molar-refractivity contribution in [3.8, 4) is 5.75 Å². The number of carbonyl (C=O) groups excluding carboxylic acids is 2. The first-order chi connectivity index (χ1) is 15.5. The molecule has 2 aromatic carbocycles. The van der Waals surface area contributed by atoms with Gasteiger partial charge in [-0.3, -0.25) is 14.5 Å². The van der Waals surface area contributed by atoms with Crippen LogP contribution in [0, 0.1) is 6.92 Å². The lowest BCUT2D eigenvalue weighted by Gasteiger charge is -2.36. The molecular formula is C25H32N4O3. The van der Waals surface area contributed by atoms with Gasteiger partial charge in [0, 0.05) is 38.4 Å². The zero-order valence-corrected chi connectivity index (χ0v) is 18.9. The van der Waals surface area contributed by atoms with Crippen LogP contribution >= 0.6 is 0 Å². The molecule has 0 spiro atoms. The lowest BCUT2D eigenvalue weighted by Crippen LogP contribution is -2.46. The minimum Gasteiger partial charge on any atom is -0.478 e. The number of unbranched alkanes of at least 4 members (excludes halogenated alkanes) is 1. The van der Waals surface area contributed by atoms with Crippen molar-refractivity contribution in [2.45, 2.75) is 32.8 Å². The van der Waals surface area contributed by atoms with Crippen LogP contribution in [0.3, 0.4) is 0 Å². The van der Waals surface area contributed by atoms with Gasteiger partial charge in [0.1, 0.15) is 0 Å². The van der Waals surface area contributed by atoms with E-state index in [1.165, 1.54) is 11.3 Å². The molecule has 0 aliphatic carbocycles. The third-order valence-corrected chi connectivity index (χ3v) is 6.11. The van der Waals surface area contributed by atoms with Gasteiger partial charge in [-0.15, -0.1) is 0 Å². The predicted octanol–water partition coefficient (Wildman–Crippen LogP) is 3.05. The summed E-state index contributed by atoms with van der Waals surface area (Å²) in [4.78, 5) is 29.4. The Morgan fingerprint density at radius 2 is 1.91 bits per heavy atom. The molecule has 0 aromatic heterocycles. The number of aryl methyl sites for hydroxylation is 1. The van der Waals surface area contributed by atoms with Gasteiger partial charge in [0.25, 0.3) is 11.8 Å². The molecule has 7 heteroatoms. The van der Waals surface area contributed by atoms with E-state index >= 15 is 0 Å². The highest BCUT2D eigenvalue weighted by Crippen LogP contribution is 2.33. The summed E-state index contributed by atoms with van der Waals surface area (Å²) in [5, 5.41) is 5.77. The number of benzene rings is 2. The second-order valence-corrected chi connectivity index (χ2v) is 8.56. The topological polar surface area (TPSA) is 73.9 Å². The fourth-order valence-electron chi connectivity index (χ4n) is 4.22. The van der Waals surface area contributed by atoms with Gasteiger partial charge in [0.05, 0.1) is 11.3 Å². The molecule has 1 atom stereocenters. The van der Waals surface area contributed by atoms with Crippen LogP contribution in [-0.2, 0) is 4.79 Å². The molecule has 2 aromatic rings. The van der Waals surface area contributed by atoms with Gasteiger partial charge in [0.2, 0.25) is 0 Å². The Balaban J connectivity index is 1.17. The average molecular weight is 437 g/mol. The van der Waals surface area contributed by atoms with Crippen molar-refractivity contribution in [3.05, 3.63) is 53.6 Å². The number of para-hydroxylation sites is 1. The quantitative estimate of drug-likeness (QED) is 0.653. The van der Waals surface area contributed by atoms with Gasteiger partial charge in [-0.25, -0.2) is 0 Å². The molecule has 2 aliphatic rings. The first-order valence-corrected chi connectivity index (χ1v) is 11.4. The number of ether oxygens (including phenoxy) is 1. The number of piperazine rings is 1. The zero-order valence-electron chi connectivity index (χ0n) is 18.9. The normalized spacial score (nSPS) is 18.5.